The molecule has 2 fully saturated rings. The molecule has 47 heavy (non-hydrogen) atoms. The molecule has 1 aromatic carbocycles. The summed E-state index contributed by atoms with van der Waals surface area (Å²) in [6.07, 6.45) is 1.36. The lowest BCUT2D eigenvalue weighted by Gasteiger charge is -2.30. The van der Waals surface area contributed by atoms with Gasteiger partial charge in [-0.15, -0.1) is 11.3 Å². The maximum Gasteiger partial charge on any atom is 0.433 e. The molecule has 2 aliphatic heterocycles. The molecule has 2 aliphatic rings. The first-order valence-corrected chi connectivity index (χ1v) is 15.7. The number of carbonyl (C=O) groups is 3. The van der Waals surface area contributed by atoms with Gasteiger partial charge in [-0.2, -0.15) is 13.2 Å². The number of halogens is 3. The van der Waals surface area contributed by atoms with Gasteiger partial charge in [0.25, 0.3) is 5.91 Å². The first kappa shape index (κ1) is 32.4. The number of aromatic nitrogens is 4. The molecule has 6 rings (SSSR count). The number of nitrogens with zero attached hydrogens (tertiary/aromatic N) is 6. The van der Waals surface area contributed by atoms with E-state index in [2.05, 4.69) is 30.5 Å². The predicted molar refractivity (Wildman–Crippen MR) is 167 cm³/mol. The third-order valence-electron chi connectivity index (χ3n) is 8.11. The lowest BCUT2D eigenvalue weighted by molar-refractivity contribution is -0.141. The summed E-state index contributed by atoms with van der Waals surface area (Å²) in [6, 6.07) is 4.78. The van der Waals surface area contributed by atoms with E-state index >= 15 is 0 Å². The van der Waals surface area contributed by atoms with E-state index in [4.69, 9.17) is 4.98 Å². The minimum absolute atomic E-state index is 0.0504. The normalized spacial score (nSPS) is 16.9. The van der Waals surface area contributed by atoms with Gasteiger partial charge in [0.15, 0.2) is 5.82 Å². The van der Waals surface area contributed by atoms with Gasteiger partial charge in [-0.25, -0.2) is 14.8 Å². The van der Waals surface area contributed by atoms with Crippen molar-refractivity contribution in [2.45, 2.75) is 57.3 Å². The van der Waals surface area contributed by atoms with Crippen molar-refractivity contribution in [2.75, 3.05) is 29.9 Å². The van der Waals surface area contributed by atoms with Crippen LogP contribution in [0.1, 0.15) is 71.3 Å². The molecule has 16 heteroatoms. The highest BCUT2D eigenvalue weighted by atomic mass is 32.1. The quantitative estimate of drug-likeness (QED) is 0.252. The van der Waals surface area contributed by atoms with E-state index in [0.717, 1.165) is 59.7 Å². The van der Waals surface area contributed by atoms with Crippen LogP contribution in [0.25, 0.3) is 10.2 Å². The highest BCUT2D eigenvalue weighted by Gasteiger charge is 2.33. The summed E-state index contributed by atoms with van der Waals surface area (Å²) in [5.41, 5.74) is -0.283. The van der Waals surface area contributed by atoms with Crippen molar-refractivity contribution in [2.24, 2.45) is 0 Å². The number of urea groups is 1. The Morgan fingerprint density at radius 3 is 2.45 bits per heavy atom. The number of hydrogen-bond acceptors (Lipinski definition) is 10. The molecule has 12 nitrogen and oxygen atoms in total. The SMILES string of the molecule is CC(C)(O)c1cc2nc(C3CCN(Cc4cnc(N5CCC(=O)NC5=O)cn4)CC3)sc2cc1NC(=O)c1ccc(C(F)(F)F)nc1. The second-order valence-corrected chi connectivity index (χ2v) is 13.1. The van der Waals surface area contributed by atoms with Crippen molar-refractivity contribution in [3.8, 4) is 0 Å². The second kappa shape index (κ2) is 12.6. The molecule has 4 aromatic rings. The topological polar surface area (TPSA) is 154 Å². The number of pyridine rings is 1. The lowest BCUT2D eigenvalue weighted by Crippen LogP contribution is -2.50. The summed E-state index contributed by atoms with van der Waals surface area (Å²) in [5, 5.41) is 16.8. The van der Waals surface area contributed by atoms with Crippen molar-refractivity contribution in [1.82, 2.24) is 30.2 Å². The maximum atomic E-state index is 12.9. The van der Waals surface area contributed by atoms with E-state index in [1.807, 2.05) is 0 Å². The van der Waals surface area contributed by atoms with Gasteiger partial charge in [0, 0.05) is 42.9 Å². The van der Waals surface area contributed by atoms with Crippen molar-refractivity contribution >= 4 is 50.9 Å². The lowest BCUT2D eigenvalue weighted by atomic mass is 9.95. The molecular formula is C31H31F3N8O4S. The minimum Gasteiger partial charge on any atom is -0.386 e. The third kappa shape index (κ3) is 7.24. The maximum absolute atomic E-state index is 12.9. The number of fused-ring (bicyclic) bond motifs is 1. The van der Waals surface area contributed by atoms with E-state index in [1.54, 1.807) is 32.2 Å². The van der Waals surface area contributed by atoms with E-state index in [-0.39, 0.29) is 30.4 Å². The zero-order valence-electron chi connectivity index (χ0n) is 25.5. The van der Waals surface area contributed by atoms with Gasteiger partial charge in [0.2, 0.25) is 5.91 Å². The second-order valence-electron chi connectivity index (χ2n) is 12.0. The molecule has 5 heterocycles. The zero-order chi connectivity index (χ0) is 33.5. The van der Waals surface area contributed by atoms with Crippen molar-refractivity contribution in [3.63, 3.8) is 0 Å². The summed E-state index contributed by atoms with van der Waals surface area (Å²) in [4.78, 5) is 57.2. The monoisotopic (exact) mass is 668 g/mol. The summed E-state index contributed by atoms with van der Waals surface area (Å²) < 4.78 is 39.5. The molecule has 0 aliphatic carbocycles. The van der Waals surface area contributed by atoms with Crippen LogP contribution in [0.2, 0.25) is 0 Å². The molecule has 0 bridgehead atoms. The summed E-state index contributed by atoms with van der Waals surface area (Å²) in [7, 11) is 0. The van der Waals surface area contributed by atoms with Crippen molar-refractivity contribution < 1.29 is 32.7 Å². The number of rotatable bonds is 7. The molecule has 2 saturated heterocycles. The smallest absolute Gasteiger partial charge is 0.386 e. The molecule has 246 valence electrons. The van der Waals surface area contributed by atoms with Crippen LogP contribution in [0.15, 0.2) is 42.9 Å². The summed E-state index contributed by atoms with van der Waals surface area (Å²) in [5.74, 6) is -0.365. The number of piperidine rings is 1. The van der Waals surface area contributed by atoms with Crippen LogP contribution in [0.4, 0.5) is 29.5 Å². The summed E-state index contributed by atoms with van der Waals surface area (Å²) in [6.45, 7) is 5.62. The molecule has 0 radical (unpaired) electrons. The van der Waals surface area contributed by atoms with Gasteiger partial charge in [-0.3, -0.25) is 34.7 Å². The van der Waals surface area contributed by atoms with Gasteiger partial charge in [-0.05, 0) is 64.0 Å². The molecule has 0 saturated carbocycles. The number of carbonyl (C=O) groups excluding carboxylic acids is 3. The Morgan fingerprint density at radius 2 is 1.83 bits per heavy atom. The fourth-order valence-electron chi connectivity index (χ4n) is 5.59. The van der Waals surface area contributed by atoms with E-state index < -0.39 is 29.4 Å². The fourth-order valence-corrected chi connectivity index (χ4v) is 6.74. The first-order valence-electron chi connectivity index (χ1n) is 14.9. The Morgan fingerprint density at radius 1 is 1.06 bits per heavy atom. The van der Waals surface area contributed by atoms with Crippen LogP contribution >= 0.6 is 11.3 Å². The Hall–Kier alpha value is -4.54. The fraction of sp³-hybridized carbons (Fsp3) is 0.387. The molecule has 3 aromatic heterocycles. The number of thiazole rings is 1. The highest BCUT2D eigenvalue weighted by molar-refractivity contribution is 7.18. The van der Waals surface area contributed by atoms with Gasteiger partial charge in [0.05, 0.1) is 44.5 Å². The molecule has 3 N–H and O–H groups in total. The standard InChI is InChI=1S/C31H31F3N8O4S/c1-30(2,46)20-11-22-23(12-21(20)38-27(44)18-3-4-24(36-13-18)31(32,33)34)47-28(39-22)17-5-8-41(9-6-17)16-19-14-37-25(15-35-19)42-10-7-26(43)40-29(42)45/h3-4,11-15,17,46H,5-10,16H2,1-2H3,(H,38,44)(H,40,43,45). The van der Waals surface area contributed by atoms with Gasteiger partial charge in [0.1, 0.15) is 5.69 Å². The number of likely N-dealkylation sites (tertiary alicyclic amines) is 1. The summed E-state index contributed by atoms with van der Waals surface area (Å²) >= 11 is 1.50. The predicted octanol–water partition coefficient (Wildman–Crippen LogP) is 4.81. The first-order chi connectivity index (χ1) is 22.2. The molecule has 0 atom stereocenters. The van der Waals surface area contributed by atoms with Crippen LogP contribution < -0.4 is 15.5 Å². The van der Waals surface area contributed by atoms with Crippen LogP contribution in [0, 0.1) is 0 Å². The van der Waals surface area contributed by atoms with E-state index in [0.29, 0.717) is 29.1 Å². The van der Waals surface area contributed by atoms with Crippen LogP contribution in [0.3, 0.4) is 0 Å². The Labute approximate surface area is 271 Å². The average molecular weight is 669 g/mol. The molecule has 0 unspecified atom stereocenters. The number of benzene rings is 1. The Kier molecular flexibility index (Phi) is 8.67. The zero-order valence-corrected chi connectivity index (χ0v) is 26.3. The van der Waals surface area contributed by atoms with Crippen LogP contribution in [-0.4, -0.2) is 67.4 Å². The minimum atomic E-state index is -4.62. The highest BCUT2D eigenvalue weighted by Crippen LogP contribution is 2.39. The number of nitrogens with one attached hydrogen (secondary N) is 2. The Balaban J connectivity index is 1.11. The molecular weight excluding hydrogens is 637 g/mol. The van der Waals surface area contributed by atoms with E-state index in [9.17, 15) is 32.7 Å². The third-order valence-corrected chi connectivity index (χ3v) is 9.29. The Bertz CT molecular complexity index is 1820. The molecule has 0 spiro atoms. The number of aliphatic hydroxyl groups is 1. The number of hydrogen-bond donors (Lipinski definition) is 3. The van der Waals surface area contributed by atoms with Gasteiger partial charge >= 0.3 is 12.2 Å². The number of amides is 4. The van der Waals surface area contributed by atoms with Crippen LogP contribution in [-0.2, 0) is 23.1 Å². The van der Waals surface area contributed by atoms with E-state index in [1.165, 1.54) is 22.4 Å². The van der Waals surface area contributed by atoms with Gasteiger partial charge in [-0.1, -0.05) is 0 Å². The largest absolute Gasteiger partial charge is 0.433 e. The van der Waals surface area contributed by atoms with Gasteiger partial charge < -0.3 is 10.4 Å². The molecule has 4 amide bonds. The number of imide groups is 1. The average Bonchev–Trinajstić information content (AvgIpc) is 3.44. The van der Waals surface area contributed by atoms with Crippen molar-refractivity contribution in [1.29, 1.82) is 0 Å². The number of anilines is 2. The van der Waals surface area contributed by atoms with Crippen molar-refractivity contribution in [3.05, 3.63) is 70.4 Å². The van der Waals surface area contributed by atoms with Crippen LogP contribution in [0.5, 0.6) is 0 Å². The number of alkyl halides is 3.